The fraction of sp³-hybridized carbons (Fsp3) is 0.600. The van der Waals surface area contributed by atoms with Crippen LogP contribution in [0.3, 0.4) is 0 Å². The van der Waals surface area contributed by atoms with Crippen molar-refractivity contribution in [2.45, 2.75) is 31.8 Å². The first-order chi connectivity index (χ1) is 9.17. The van der Waals surface area contributed by atoms with Gasteiger partial charge in [0.25, 0.3) is 0 Å². The number of ether oxygens (including phenoxy) is 3. The number of benzene rings is 1. The van der Waals surface area contributed by atoms with Crippen LogP contribution in [0, 0.1) is 0 Å². The first-order valence-corrected chi connectivity index (χ1v) is 6.70. The Bertz CT molecular complexity index is 414. The molecule has 1 heterocycles. The van der Waals surface area contributed by atoms with Crippen LogP contribution in [0.1, 0.15) is 25.3 Å². The average Bonchev–Trinajstić information content (AvgIpc) is 2.45. The summed E-state index contributed by atoms with van der Waals surface area (Å²) in [6.45, 7) is 4.69. The molecule has 0 radical (unpaired) electrons. The molecule has 1 aliphatic heterocycles. The Labute approximate surface area is 115 Å². The molecule has 0 atom stereocenters. The van der Waals surface area contributed by atoms with Crippen LogP contribution in [0.15, 0.2) is 18.2 Å². The fourth-order valence-electron chi connectivity index (χ4n) is 2.33. The Morgan fingerprint density at radius 1 is 1.21 bits per heavy atom. The Balaban J connectivity index is 2.05. The lowest BCUT2D eigenvalue weighted by molar-refractivity contribution is 0.0445. The maximum atomic E-state index is 5.41. The summed E-state index contributed by atoms with van der Waals surface area (Å²) in [6, 6.07) is 5.88. The van der Waals surface area contributed by atoms with E-state index in [9.17, 15) is 0 Å². The highest BCUT2D eigenvalue weighted by Crippen LogP contribution is 2.26. The van der Waals surface area contributed by atoms with E-state index in [1.165, 1.54) is 0 Å². The van der Waals surface area contributed by atoms with Gasteiger partial charge in [-0.2, -0.15) is 0 Å². The van der Waals surface area contributed by atoms with Crippen molar-refractivity contribution in [3.63, 3.8) is 0 Å². The number of methoxy groups -OCH3 is 2. The minimum atomic E-state index is 0.145. The lowest BCUT2D eigenvalue weighted by atomic mass is 9.92. The second kappa shape index (κ2) is 6.26. The molecule has 2 rings (SSSR count). The quantitative estimate of drug-likeness (QED) is 0.887. The lowest BCUT2D eigenvalue weighted by Crippen LogP contribution is -2.46. The fourth-order valence-corrected chi connectivity index (χ4v) is 2.33. The molecule has 0 bridgehead atoms. The highest BCUT2D eigenvalue weighted by molar-refractivity contribution is 5.40. The molecule has 1 aromatic carbocycles. The van der Waals surface area contributed by atoms with Crippen LogP contribution < -0.4 is 14.8 Å². The van der Waals surface area contributed by atoms with E-state index in [2.05, 4.69) is 12.2 Å². The van der Waals surface area contributed by atoms with Crippen molar-refractivity contribution in [3.05, 3.63) is 23.8 Å². The highest BCUT2D eigenvalue weighted by Gasteiger charge is 2.26. The molecule has 19 heavy (non-hydrogen) atoms. The third-order valence-electron chi connectivity index (χ3n) is 3.79. The van der Waals surface area contributed by atoms with Crippen molar-refractivity contribution >= 4 is 0 Å². The van der Waals surface area contributed by atoms with E-state index in [4.69, 9.17) is 14.2 Å². The van der Waals surface area contributed by atoms with Gasteiger partial charge >= 0.3 is 0 Å². The van der Waals surface area contributed by atoms with E-state index < -0.39 is 0 Å². The van der Waals surface area contributed by atoms with Gasteiger partial charge in [0.2, 0.25) is 0 Å². The van der Waals surface area contributed by atoms with Crippen molar-refractivity contribution in [2.24, 2.45) is 0 Å². The molecular formula is C15H23NO3. The monoisotopic (exact) mass is 265 g/mol. The van der Waals surface area contributed by atoms with E-state index in [0.717, 1.165) is 49.7 Å². The molecule has 4 nitrogen and oxygen atoms in total. The van der Waals surface area contributed by atoms with Crippen molar-refractivity contribution in [1.82, 2.24) is 5.32 Å². The number of hydrogen-bond acceptors (Lipinski definition) is 4. The maximum absolute atomic E-state index is 5.41. The van der Waals surface area contributed by atoms with Gasteiger partial charge in [-0.25, -0.2) is 0 Å². The summed E-state index contributed by atoms with van der Waals surface area (Å²) >= 11 is 0. The van der Waals surface area contributed by atoms with E-state index in [-0.39, 0.29) is 5.54 Å². The predicted octanol–water partition coefficient (Wildman–Crippen LogP) is 2.36. The molecule has 0 saturated carbocycles. The van der Waals surface area contributed by atoms with Gasteiger partial charge in [-0.1, -0.05) is 0 Å². The predicted molar refractivity (Wildman–Crippen MR) is 74.8 cm³/mol. The Kier molecular flexibility index (Phi) is 4.66. The normalized spacial score (nSPS) is 18.1. The number of nitrogens with one attached hydrogen (secondary N) is 1. The summed E-state index contributed by atoms with van der Waals surface area (Å²) in [6.07, 6.45) is 2.08. The molecule has 0 unspecified atom stereocenters. The summed E-state index contributed by atoms with van der Waals surface area (Å²) in [5, 5.41) is 3.62. The zero-order valence-electron chi connectivity index (χ0n) is 12.0. The Morgan fingerprint density at radius 2 is 1.95 bits per heavy atom. The van der Waals surface area contributed by atoms with E-state index in [0.29, 0.717) is 0 Å². The molecule has 0 spiro atoms. The van der Waals surface area contributed by atoms with Crippen molar-refractivity contribution in [3.8, 4) is 11.5 Å². The molecule has 1 fully saturated rings. The summed E-state index contributed by atoms with van der Waals surface area (Å²) in [5.74, 6) is 1.75. The third kappa shape index (κ3) is 3.61. The van der Waals surface area contributed by atoms with Gasteiger partial charge in [-0.15, -0.1) is 0 Å². The van der Waals surface area contributed by atoms with Gasteiger partial charge in [0.05, 0.1) is 14.2 Å². The van der Waals surface area contributed by atoms with Crippen LogP contribution in [0.2, 0.25) is 0 Å². The van der Waals surface area contributed by atoms with Gasteiger partial charge < -0.3 is 19.5 Å². The van der Waals surface area contributed by atoms with Crippen LogP contribution in [0.4, 0.5) is 0 Å². The van der Waals surface area contributed by atoms with Crippen molar-refractivity contribution in [2.75, 3.05) is 27.4 Å². The zero-order chi connectivity index (χ0) is 13.7. The minimum Gasteiger partial charge on any atom is -0.497 e. The standard InChI is InChI=1S/C15H23NO3/c1-15(6-8-19-9-7-15)16-11-12-10-13(17-2)4-5-14(12)18-3/h4-5,10,16H,6-9,11H2,1-3H3. The minimum absolute atomic E-state index is 0.145. The van der Waals surface area contributed by atoms with Gasteiger partial charge in [-0.3, -0.25) is 0 Å². The molecule has 0 aliphatic carbocycles. The molecule has 1 aliphatic rings. The lowest BCUT2D eigenvalue weighted by Gasteiger charge is -2.34. The van der Waals surface area contributed by atoms with E-state index in [1.54, 1.807) is 14.2 Å². The first kappa shape index (κ1) is 14.2. The van der Waals surface area contributed by atoms with Gasteiger partial charge in [-0.05, 0) is 38.0 Å². The Hall–Kier alpha value is -1.26. The van der Waals surface area contributed by atoms with E-state index in [1.807, 2.05) is 18.2 Å². The van der Waals surface area contributed by atoms with Crippen LogP contribution in [-0.4, -0.2) is 33.0 Å². The average molecular weight is 265 g/mol. The van der Waals surface area contributed by atoms with Gasteiger partial charge in [0.1, 0.15) is 11.5 Å². The maximum Gasteiger partial charge on any atom is 0.123 e. The number of hydrogen-bond donors (Lipinski definition) is 1. The van der Waals surface area contributed by atoms with E-state index >= 15 is 0 Å². The highest BCUT2D eigenvalue weighted by atomic mass is 16.5. The molecule has 106 valence electrons. The Morgan fingerprint density at radius 3 is 2.58 bits per heavy atom. The SMILES string of the molecule is COc1ccc(OC)c(CNC2(C)CCOCC2)c1. The molecule has 1 saturated heterocycles. The molecule has 0 amide bonds. The van der Waals surface area contributed by atoms with Crippen LogP contribution in [0.25, 0.3) is 0 Å². The molecule has 0 aromatic heterocycles. The first-order valence-electron chi connectivity index (χ1n) is 6.70. The summed E-state index contributed by atoms with van der Waals surface area (Å²) in [5.41, 5.74) is 1.27. The van der Waals surface area contributed by atoms with Crippen LogP contribution in [0.5, 0.6) is 11.5 Å². The van der Waals surface area contributed by atoms with Crippen LogP contribution >= 0.6 is 0 Å². The summed E-state index contributed by atoms with van der Waals surface area (Å²) in [7, 11) is 3.38. The summed E-state index contributed by atoms with van der Waals surface area (Å²) < 4.78 is 16.1. The smallest absolute Gasteiger partial charge is 0.123 e. The van der Waals surface area contributed by atoms with Gasteiger partial charge in [0.15, 0.2) is 0 Å². The molecule has 1 N–H and O–H groups in total. The van der Waals surface area contributed by atoms with Crippen molar-refractivity contribution in [1.29, 1.82) is 0 Å². The largest absolute Gasteiger partial charge is 0.497 e. The number of rotatable bonds is 5. The van der Waals surface area contributed by atoms with Crippen molar-refractivity contribution < 1.29 is 14.2 Å². The molecular weight excluding hydrogens is 242 g/mol. The summed E-state index contributed by atoms with van der Waals surface area (Å²) in [4.78, 5) is 0. The van der Waals surface area contributed by atoms with Crippen LogP contribution in [-0.2, 0) is 11.3 Å². The second-order valence-corrected chi connectivity index (χ2v) is 5.20. The zero-order valence-corrected chi connectivity index (χ0v) is 12.0. The molecule has 1 aromatic rings. The van der Waals surface area contributed by atoms with Gasteiger partial charge in [0, 0.05) is 30.9 Å². The second-order valence-electron chi connectivity index (χ2n) is 5.20. The topological polar surface area (TPSA) is 39.7 Å². The third-order valence-corrected chi connectivity index (χ3v) is 3.79. The molecule has 4 heteroatoms.